The van der Waals surface area contributed by atoms with Crippen LogP contribution in [0.25, 0.3) is 0 Å². The Morgan fingerprint density at radius 1 is 1.39 bits per heavy atom. The van der Waals surface area contributed by atoms with Gasteiger partial charge in [-0.25, -0.2) is 5.10 Å². The quantitative estimate of drug-likeness (QED) is 0.715. The smallest absolute Gasteiger partial charge is 0.272 e. The Labute approximate surface area is 104 Å². The summed E-state index contributed by atoms with van der Waals surface area (Å²) in [7, 11) is 0. The van der Waals surface area contributed by atoms with E-state index < -0.39 is 5.54 Å². The summed E-state index contributed by atoms with van der Waals surface area (Å²) in [6, 6.07) is 2.64. The molecule has 2 rings (SSSR count). The van der Waals surface area contributed by atoms with Crippen molar-refractivity contribution in [2.24, 2.45) is 0 Å². The molecule has 1 fully saturated rings. The molecule has 0 spiro atoms. The fraction of sp³-hybridized carbons (Fsp3) is 0.583. The van der Waals surface area contributed by atoms with Crippen LogP contribution in [0.15, 0.2) is 16.9 Å². The van der Waals surface area contributed by atoms with Crippen LogP contribution in [0.3, 0.4) is 0 Å². The van der Waals surface area contributed by atoms with Gasteiger partial charge < -0.3 is 10.4 Å². The van der Waals surface area contributed by atoms with E-state index in [1.807, 2.05) is 0 Å². The number of amides is 1. The number of carbonyl (C=O) groups excluding carboxylic acids is 1. The molecule has 1 aromatic rings. The van der Waals surface area contributed by atoms with Crippen LogP contribution in [0.1, 0.15) is 42.6 Å². The molecule has 3 N–H and O–H groups in total. The van der Waals surface area contributed by atoms with Gasteiger partial charge in [0.05, 0.1) is 12.1 Å². The Morgan fingerprint density at radius 3 is 2.67 bits per heavy atom. The summed E-state index contributed by atoms with van der Waals surface area (Å²) in [5, 5.41) is 18.2. The lowest BCUT2D eigenvalue weighted by Crippen LogP contribution is -2.52. The molecule has 0 bridgehead atoms. The zero-order valence-corrected chi connectivity index (χ0v) is 10.1. The maximum atomic E-state index is 12.0. The molecule has 1 aliphatic rings. The van der Waals surface area contributed by atoms with Crippen molar-refractivity contribution in [2.45, 2.75) is 37.6 Å². The van der Waals surface area contributed by atoms with Gasteiger partial charge >= 0.3 is 0 Å². The number of aromatic nitrogens is 2. The number of H-pyrrole nitrogens is 1. The average Bonchev–Trinajstić information content (AvgIpc) is 2.40. The van der Waals surface area contributed by atoms with Crippen molar-refractivity contribution in [2.75, 3.05) is 6.61 Å². The lowest BCUT2D eigenvalue weighted by molar-refractivity contribution is 0.0753. The standard InChI is InChI=1S/C12H17N3O3/c16-8-12(6-2-1-3-7-12)13-11(18)9-4-5-10(17)15-14-9/h4-5,16H,1-3,6-8H2,(H,13,18)(H,15,17). The summed E-state index contributed by atoms with van der Waals surface area (Å²) >= 11 is 0. The van der Waals surface area contributed by atoms with Crippen molar-refractivity contribution in [1.29, 1.82) is 0 Å². The minimum absolute atomic E-state index is 0.0674. The second-order valence-electron chi connectivity index (χ2n) is 4.76. The molecule has 0 saturated heterocycles. The molecule has 1 aromatic heterocycles. The number of aromatic amines is 1. The molecule has 6 heteroatoms. The van der Waals surface area contributed by atoms with Crippen LogP contribution in [0.2, 0.25) is 0 Å². The van der Waals surface area contributed by atoms with Crippen molar-refractivity contribution in [3.8, 4) is 0 Å². The third-order valence-corrected chi connectivity index (χ3v) is 3.40. The highest BCUT2D eigenvalue weighted by molar-refractivity contribution is 5.92. The summed E-state index contributed by atoms with van der Waals surface area (Å²) in [6.07, 6.45) is 4.69. The van der Waals surface area contributed by atoms with Gasteiger partial charge in [0.25, 0.3) is 11.5 Å². The fourth-order valence-corrected chi connectivity index (χ4v) is 2.33. The first kappa shape index (κ1) is 12.8. The van der Waals surface area contributed by atoms with Gasteiger partial charge in [-0.05, 0) is 18.9 Å². The van der Waals surface area contributed by atoms with E-state index in [0.717, 1.165) is 32.1 Å². The molecule has 1 aliphatic carbocycles. The normalized spacial score (nSPS) is 18.3. The highest BCUT2D eigenvalue weighted by atomic mass is 16.3. The van der Waals surface area contributed by atoms with E-state index in [4.69, 9.17) is 0 Å². The molecule has 0 atom stereocenters. The molecule has 0 unspecified atom stereocenters. The van der Waals surface area contributed by atoms with Crippen LogP contribution in [-0.4, -0.2) is 33.4 Å². The van der Waals surface area contributed by atoms with E-state index in [1.165, 1.54) is 12.1 Å². The highest BCUT2D eigenvalue weighted by Crippen LogP contribution is 2.27. The zero-order valence-electron chi connectivity index (χ0n) is 10.1. The molecule has 1 saturated carbocycles. The summed E-state index contributed by atoms with van der Waals surface area (Å²) in [6.45, 7) is -0.0674. The van der Waals surface area contributed by atoms with Crippen molar-refractivity contribution in [3.05, 3.63) is 28.2 Å². The fourth-order valence-electron chi connectivity index (χ4n) is 2.33. The minimum Gasteiger partial charge on any atom is -0.394 e. The molecule has 0 radical (unpaired) electrons. The van der Waals surface area contributed by atoms with E-state index in [-0.39, 0.29) is 23.8 Å². The van der Waals surface area contributed by atoms with E-state index in [0.29, 0.717) is 0 Å². The number of aliphatic hydroxyl groups is 1. The lowest BCUT2D eigenvalue weighted by atomic mass is 9.82. The van der Waals surface area contributed by atoms with E-state index in [9.17, 15) is 14.7 Å². The van der Waals surface area contributed by atoms with Gasteiger partial charge in [0.15, 0.2) is 0 Å². The number of hydrogen-bond acceptors (Lipinski definition) is 4. The number of hydrogen-bond donors (Lipinski definition) is 3. The zero-order chi connectivity index (χ0) is 13.0. The molecule has 1 amide bonds. The third-order valence-electron chi connectivity index (χ3n) is 3.40. The van der Waals surface area contributed by atoms with Crippen LogP contribution >= 0.6 is 0 Å². The summed E-state index contributed by atoms with van der Waals surface area (Å²) in [5.41, 5.74) is -0.721. The Morgan fingerprint density at radius 2 is 2.11 bits per heavy atom. The average molecular weight is 251 g/mol. The van der Waals surface area contributed by atoms with Gasteiger partial charge in [-0.1, -0.05) is 19.3 Å². The molecule has 18 heavy (non-hydrogen) atoms. The topological polar surface area (TPSA) is 95.1 Å². The Hall–Kier alpha value is -1.69. The largest absolute Gasteiger partial charge is 0.394 e. The monoisotopic (exact) mass is 251 g/mol. The van der Waals surface area contributed by atoms with Crippen molar-refractivity contribution in [3.63, 3.8) is 0 Å². The number of carbonyl (C=O) groups is 1. The first-order valence-electron chi connectivity index (χ1n) is 6.14. The van der Waals surface area contributed by atoms with Crippen LogP contribution in [0.4, 0.5) is 0 Å². The molecule has 0 aromatic carbocycles. The van der Waals surface area contributed by atoms with Crippen molar-refractivity contribution in [1.82, 2.24) is 15.5 Å². The van der Waals surface area contributed by atoms with Crippen LogP contribution in [0, 0.1) is 0 Å². The molecular formula is C12H17N3O3. The second-order valence-corrected chi connectivity index (χ2v) is 4.76. The number of rotatable bonds is 3. The maximum Gasteiger partial charge on any atom is 0.272 e. The van der Waals surface area contributed by atoms with Crippen LogP contribution < -0.4 is 10.9 Å². The van der Waals surface area contributed by atoms with E-state index in [2.05, 4.69) is 15.5 Å². The second kappa shape index (κ2) is 5.30. The first-order valence-corrected chi connectivity index (χ1v) is 6.14. The number of nitrogens with zero attached hydrogens (tertiary/aromatic N) is 1. The van der Waals surface area contributed by atoms with Gasteiger partial charge in [-0.15, -0.1) is 0 Å². The summed E-state index contributed by atoms with van der Waals surface area (Å²) < 4.78 is 0. The number of aliphatic hydroxyl groups excluding tert-OH is 1. The Balaban J connectivity index is 2.09. The molecule has 6 nitrogen and oxygen atoms in total. The lowest BCUT2D eigenvalue weighted by Gasteiger charge is -2.36. The van der Waals surface area contributed by atoms with Crippen LogP contribution in [-0.2, 0) is 0 Å². The van der Waals surface area contributed by atoms with Gasteiger partial charge in [0, 0.05) is 6.07 Å². The Bertz CT molecular complexity index is 457. The summed E-state index contributed by atoms with van der Waals surface area (Å²) in [5.74, 6) is -0.359. The molecular weight excluding hydrogens is 234 g/mol. The van der Waals surface area contributed by atoms with Crippen molar-refractivity contribution < 1.29 is 9.90 Å². The minimum atomic E-state index is -0.535. The molecule has 98 valence electrons. The Kier molecular flexibility index (Phi) is 3.76. The highest BCUT2D eigenvalue weighted by Gasteiger charge is 2.33. The van der Waals surface area contributed by atoms with Gasteiger partial charge in [0.2, 0.25) is 0 Å². The van der Waals surface area contributed by atoms with Gasteiger partial charge in [0.1, 0.15) is 5.69 Å². The van der Waals surface area contributed by atoms with Gasteiger partial charge in [-0.3, -0.25) is 9.59 Å². The van der Waals surface area contributed by atoms with Crippen molar-refractivity contribution >= 4 is 5.91 Å². The van der Waals surface area contributed by atoms with E-state index in [1.54, 1.807) is 0 Å². The third kappa shape index (κ3) is 2.76. The SMILES string of the molecule is O=C(NC1(CO)CCCCC1)c1ccc(=O)[nH]n1. The summed E-state index contributed by atoms with van der Waals surface area (Å²) in [4.78, 5) is 22.8. The first-order chi connectivity index (χ1) is 8.65. The predicted molar refractivity (Wildman–Crippen MR) is 65.2 cm³/mol. The van der Waals surface area contributed by atoms with Crippen LogP contribution in [0.5, 0.6) is 0 Å². The van der Waals surface area contributed by atoms with E-state index >= 15 is 0 Å². The molecule has 0 aliphatic heterocycles. The maximum absolute atomic E-state index is 12.0. The number of nitrogens with one attached hydrogen (secondary N) is 2. The predicted octanol–water partition coefficient (Wildman–Crippen LogP) is 0.195. The van der Waals surface area contributed by atoms with Gasteiger partial charge in [-0.2, -0.15) is 5.10 Å². The molecule has 1 heterocycles.